The maximum atomic E-state index is 12.8. The molecule has 1 heterocycles. The van der Waals surface area contributed by atoms with E-state index in [-0.39, 0.29) is 10.5 Å². The molecule has 1 saturated heterocycles. The van der Waals surface area contributed by atoms with Crippen molar-refractivity contribution < 1.29 is 18.3 Å². The number of benzene rings is 1. The second-order valence-corrected chi connectivity index (χ2v) is 7.71. The van der Waals surface area contributed by atoms with Crippen LogP contribution in [-0.2, 0) is 10.0 Å². The largest absolute Gasteiger partial charge is 0.478 e. The van der Waals surface area contributed by atoms with Crippen molar-refractivity contribution in [2.45, 2.75) is 38.5 Å². The quantitative estimate of drug-likeness (QED) is 0.930. The van der Waals surface area contributed by atoms with E-state index in [4.69, 9.17) is 5.11 Å². The van der Waals surface area contributed by atoms with Crippen molar-refractivity contribution in [2.24, 2.45) is 5.92 Å². The summed E-state index contributed by atoms with van der Waals surface area (Å²) < 4.78 is 27.0. The van der Waals surface area contributed by atoms with Gasteiger partial charge in [0.2, 0.25) is 10.0 Å². The van der Waals surface area contributed by atoms with Gasteiger partial charge in [0.05, 0.1) is 10.5 Å². The van der Waals surface area contributed by atoms with Crippen molar-refractivity contribution in [1.29, 1.82) is 0 Å². The summed E-state index contributed by atoms with van der Waals surface area (Å²) in [5.41, 5.74) is 1.32. The maximum absolute atomic E-state index is 12.8. The van der Waals surface area contributed by atoms with Crippen LogP contribution >= 0.6 is 0 Å². The summed E-state index contributed by atoms with van der Waals surface area (Å²) in [6.45, 7) is 6.57. The van der Waals surface area contributed by atoms with Crippen molar-refractivity contribution in [1.82, 2.24) is 4.31 Å². The number of rotatable bonds is 3. The fourth-order valence-corrected chi connectivity index (χ4v) is 4.38. The lowest BCUT2D eigenvalue weighted by atomic mass is 10.0. The standard InChI is InChI=1S/C15H21NO4S/c1-10-4-6-16(7-5-10)21(19,20)14-9-13(15(17)18)8-11(2)12(14)3/h8-10H,4-7H2,1-3H3,(H,17,18). The molecular weight excluding hydrogens is 290 g/mol. The topological polar surface area (TPSA) is 74.7 Å². The van der Waals surface area contributed by atoms with Gasteiger partial charge >= 0.3 is 5.97 Å². The number of aromatic carboxylic acids is 1. The van der Waals surface area contributed by atoms with Gasteiger partial charge in [0.25, 0.3) is 0 Å². The van der Waals surface area contributed by atoms with Crippen LogP contribution in [0.4, 0.5) is 0 Å². The summed E-state index contributed by atoms with van der Waals surface area (Å²) in [4.78, 5) is 11.3. The van der Waals surface area contributed by atoms with Gasteiger partial charge in [-0.15, -0.1) is 0 Å². The zero-order valence-electron chi connectivity index (χ0n) is 12.6. The summed E-state index contributed by atoms with van der Waals surface area (Å²) in [5.74, 6) is -0.577. The molecule has 0 radical (unpaired) electrons. The van der Waals surface area contributed by atoms with Crippen molar-refractivity contribution in [2.75, 3.05) is 13.1 Å². The van der Waals surface area contributed by atoms with E-state index < -0.39 is 16.0 Å². The number of hydrogen-bond donors (Lipinski definition) is 1. The molecule has 0 saturated carbocycles. The van der Waals surface area contributed by atoms with Gasteiger partial charge in [0.15, 0.2) is 0 Å². The molecule has 116 valence electrons. The fraction of sp³-hybridized carbons (Fsp3) is 0.533. The zero-order valence-corrected chi connectivity index (χ0v) is 13.4. The molecule has 0 aliphatic carbocycles. The maximum Gasteiger partial charge on any atom is 0.335 e. The molecule has 0 spiro atoms. The minimum Gasteiger partial charge on any atom is -0.478 e. The molecule has 0 atom stereocenters. The molecule has 1 aromatic carbocycles. The Labute approximate surface area is 125 Å². The number of carboxylic acids is 1. The van der Waals surface area contributed by atoms with Crippen molar-refractivity contribution in [3.05, 3.63) is 28.8 Å². The van der Waals surface area contributed by atoms with Crippen LogP contribution in [0.3, 0.4) is 0 Å². The van der Waals surface area contributed by atoms with E-state index >= 15 is 0 Å². The van der Waals surface area contributed by atoms with E-state index in [9.17, 15) is 13.2 Å². The highest BCUT2D eigenvalue weighted by molar-refractivity contribution is 7.89. The van der Waals surface area contributed by atoms with Gasteiger partial charge in [0, 0.05) is 13.1 Å². The molecule has 0 aromatic heterocycles. The first kappa shape index (κ1) is 16.0. The average molecular weight is 311 g/mol. The second kappa shape index (κ2) is 5.77. The third-order valence-electron chi connectivity index (χ3n) is 4.23. The number of carboxylic acid groups (broad SMARTS) is 1. The number of hydrogen-bond acceptors (Lipinski definition) is 3. The number of carbonyl (C=O) groups is 1. The Hall–Kier alpha value is -1.40. The molecule has 21 heavy (non-hydrogen) atoms. The third-order valence-corrected chi connectivity index (χ3v) is 6.25. The SMILES string of the molecule is Cc1cc(C(=O)O)cc(S(=O)(=O)N2CCC(C)CC2)c1C. The van der Waals surface area contributed by atoms with Gasteiger partial charge < -0.3 is 5.11 Å². The Morgan fingerprint density at radius 2 is 1.81 bits per heavy atom. The summed E-state index contributed by atoms with van der Waals surface area (Å²) in [6.07, 6.45) is 1.69. The van der Waals surface area contributed by atoms with Gasteiger partial charge in [-0.2, -0.15) is 4.31 Å². The highest BCUT2D eigenvalue weighted by atomic mass is 32.2. The van der Waals surface area contributed by atoms with Crippen LogP contribution < -0.4 is 0 Å². The van der Waals surface area contributed by atoms with Crippen molar-refractivity contribution >= 4 is 16.0 Å². The molecule has 2 rings (SSSR count). The van der Waals surface area contributed by atoms with Crippen LogP contribution in [0.2, 0.25) is 0 Å². The Balaban J connectivity index is 2.47. The molecule has 1 aromatic rings. The van der Waals surface area contributed by atoms with Crippen LogP contribution in [0.1, 0.15) is 41.3 Å². The molecule has 1 N–H and O–H groups in total. The highest BCUT2D eigenvalue weighted by Crippen LogP contribution is 2.27. The van der Waals surface area contributed by atoms with Crippen molar-refractivity contribution in [3.63, 3.8) is 0 Å². The average Bonchev–Trinajstić information content (AvgIpc) is 2.41. The second-order valence-electron chi connectivity index (χ2n) is 5.81. The van der Waals surface area contributed by atoms with Gasteiger partial charge in [-0.1, -0.05) is 6.92 Å². The van der Waals surface area contributed by atoms with E-state index in [0.29, 0.717) is 30.1 Å². The molecule has 0 bridgehead atoms. The van der Waals surface area contributed by atoms with E-state index in [1.54, 1.807) is 13.8 Å². The van der Waals surface area contributed by atoms with Crippen molar-refractivity contribution in [3.8, 4) is 0 Å². The van der Waals surface area contributed by atoms with Gasteiger partial charge in [-0.25, -0.2) is 13.2 Å². The zero-order chi connectivity index (χ0) is 15.8. The van der Waals surface area contributed by atoms with E-state index in [1.807, 2.05) is 0 Å². The predicted molar refractivity (Wildman–Crippen MR) is 80.0 cm³/mol. The Bertz CT molecular complexity index is 658. The number of sulfonamides is 1. The molecule has 0 unspecified atom stereocenters. The van der Waals surface area contributed by atoms with Crippen LogP contribution in [0, 0.1) is 19.8 Å². The smallest absolute Gasteiger partial charge is 0.335 e. The lowest BCUT2D eigenvalue weighted by Gasteiger charge is -2.30. The Morgan fingerprint density at radius 1 is 1.24 bits per heavy atom. The summed E-state index contributed by atoms with van der Waals surface area (Å²) in [5, 5.41) is 9.13. The molecule has 1 aliphatic rings. The summed E-state index contributed by atoms with van der Waals surface area (Å²) >= 11 is 0. The monoisotopic (exact) mass is 311 g/mol. The first-order valence-electron chi connectivity index (χ1n) is 7.08. The van der Waals surface area contributed by atoms with E-state index in [0.717, 1.165) is 12.8 Å². The summed E-state index contributed by atoms with van der Waals surface area (Å²) in [7, 11) is -3.62. The molecular formula is C15H21NO4S. The third kappa shape index (κ3) is 3.11. The Kier molecular flexibility index (Phi) is 4.39. The lowest BCUT2D eigenvalue weighted by Crippen LogP contribution is -2.38. The number of piperidine rings is 1. The minimum absolute atomic E-state index is 0.0158. The number of nitrogens with zero attached hydrogens (tertiary/aromatic N) is 1. The minimum atomic E-state index is -3.62. The molecule has 1 aliphatic heterocycles. The van der Waals surface area contributed by atoms with E-state index in [2.05, 4.69) is 6.92 Å². The first-order chi connectivity index (χ1) is 9.73. The molecule has 1 fully saturated rings. The van der Waals surface area contributed by atoms with Crippen LogP contribution in [-0.4, -0.2) is 36.9 Å². The van der Waals surface area contributed by atoms with Crippen LogP contribution in [0.15, 0.2) is 17.0 Å². The van der Waals surface area contributed by atoms with Gasteiger partial charge in [-0.05, 0) is 55.9 Å². The predicted octanol–water partition coefficient (Wildman–Crippen LogP) is 2.42. The molecule has 5 nitrogen and oxygen atoms in total. The van der Waals surface area contributed by atoms with Crippen LogP contribution in [0.25, 0.3) is 0 Å². The normalized spacial score (nSPS) is 17.9. The molecule has 0 amide bonds. The molecule has 6 heteroatoms. The van der Waals surface area contributed by atoms with Gasteiger partial charge in [0.1, 0.15) is 0 Å². The fourth-order valence-electron chi connectivity index (χ4n) is 2.58. The van der Waals surface area contributed by atoms with Crippen LogP contribution in [0.5, 0.6) is 0 Å². The highest BCUT2D eigenvalue weighted by Gasteiger charge is 2.30. The summed E-state index contributed by atoms with van der Waals surface area (Å²) in [6, 6.07) is 2.78. The van der Waals surface area contributed by atoms with Gasteiger partial charge in [-0.3, -0.25) is 0 Å². The number of aryl methyl sites for hydroxylation is 1. The Morgan fingerprint density at radius 3 is 2.33 bits per heavy atom. The van der Waals surface area contributed by atoms with E-state index in [1.165, 1.54) is 16.4 Å². The lowest BCUT2D eigenvalue weighted by molar-refractivity contribution is 0.0696. The first-order valence-corrected chi connectivity index (χ1v) is 8.52.